The van der Waals surface area contributed by atoms with Crippen molar-refractivity contribution in [1.82, 2.24) is 9.97 Å². The zero-order valence-corrected chi connectivity index (χ0v) is 16.0. The van der Waals surface area contributed by atoms with Gasteiger partial charge in [0.05, 0.1) is 29.2 Å². The molecule has 0 amide bonds. The predicted molar refractivity (Wildman–Crippen MR) is 107 cm³/mol. The van der Waals surface area contributed by atoms with Gasteiger partial charge in [-0.3, -0.25) is 0 Å². The molecule has 1 aromatic heterocycles. The lowest BCUT2D eigenvalue weighted by Crippen LogP contribution is -2.11. The lowest BCUT2D eigenvalue weighted by Gasteiger charge is -2.17. The summed E-state index contributed by atoms with van der Waals surface area (Å²) in [6.45, 7) is -3.11. The van der Waals surface area contributed by atoms with Gasteiger partial charge in [-0.05, 0) is 36.6 Å². The fraction of sp³-hybridized carbons (Fsp3) is 0.182. The van der Waals surface area contributed by atoms with E-state index < -0.39 is 12.6 Å². The molecular weight excluding hydrogens is 406 g/mol. The van der Waals surface area contributed by atoms with E-state index in [0.717, 1.165) is 12.8 Å². The molecule has 1 saturated carbocycles. The number of nitrogens with one attached hydrogen (secondary N) is 1. The van der Waals surface area contributed by atoms with Crippen molar-refractivity contribution in [2.75, 3.05) is 5.32 Å². The van der Waals surface area contributed by atoms with Crippen LogP contribution in [0.1, 0.15) is 40.5 Å². The van der Waals surface area contributed by atoms with E-state index in [4.69, 9.17) is 10.00 Å². The first-order chi connectivity index (χ1) is 15.0. The molecule has 0 unspecified atom stereocenters. The highest BCUT2D eigenvalue weighted by Crippen LogP contribution is 2.41. The molecule has 9 heteroatoms. The van der Waals surface area contributed by atoms with Gasteiger partial charge in [-0.15, -0.1) is 0 Å². The normalized spacial score (nSPS) is 13.0. The number of aromatic carboxylic acids is 1. The van der Waals surface area contributed by atoms with E-state index >= 15 is 0 Å². The average molecular weight is 422 g/mol. The minimum absolute atomic E-state index is 0.0759. The van der Waals surface area contributed by atoms with Crippen LogP contribution in [0.25, 0.3) is 11.1 Å². The quantitative estimate of drug-likeness (QED) is 0.555. The number of hydrogen-bond donors (Lipinski definition) is 2. The second-order valence-corrected chi connectivity index (χ2v) is 6.95. The van der Waals surface area contributed by atoms with Gasteiger partial charge in [-0.2, -0.15) is 14.0 Å². The minimum atomic E-state index is -3.11. The molecular formula is C22H16F2N4O3. The second-order valence-electron chi connectivity index (χ2n) is 6.95. The van der Waals surface area contributed by atoms with Crippen LogP contribution in [0.3, 0.4) is 0 Å². The third-order valence-electron chi connectivity index (χ3n) is 4.79. The van der Waals surface area contributed by atoms with Gasteiger partial charge in [0.2, 0.25) is 0 Å². The molecule has 156 valence electrons. The van der Waals surface area contributed by atoms with E-state index in [1.54, 1.807) is 36.4 Å². The molecule has 2 N–H and O–H groups in total. The SMILES string of the molecule is N#Cc1ccc(-c2cccc(Nc3ncc(C4CC4)nc3C(=O)O)c2OC(F)F)cc1. The number of ether oxygens (including phenoxy) is 1. The van der Waals surface area contributed by atoms with E-state index in [-0.39, 0.29) is 28.9 Å². The number of nitriles is 1. The third kappa shape index (κ3) is 4.43. The number of rotatable bonds is 7. The summed E-state index contributed by atoms with van der Waals surface area (Å²) in [6, 6.07) is 13.0. The summed E-state index contributed by atoms with van der Waals surface area (Å²) in [6.07, 6.45) is 3.35. The van der Waals surface area contributed by atoms with Crippen molar-refractivity contribution in [1.29, 1.82) is 5.26 Å². The molecule has 1 heterocycles. The van der Waals surface area contributed by atoms with Crippen molar-refractivity contribution in [3.8, 4) is 22.9 Å². The van der Waals surface area contributed by atoms with Crippen LogP contribution >= 0.6 is 0 Å². The molecule has 2 aromatic carbocycles. The second kappa shape index (κ2) is 8.36. The Kier molecular flexibility index (Phi) is 5.45. The van der Waals surface area contributed by atoms with E-state index in [1.807, 2.05) is 6.07 Å². The summed E-state index contributed by atoms with van der Waals surface area (Å²) in [5.41, 5.74) is 1.72. The molecule has 0 spiro atoms. The fourth-order valence-electron chi connectivity index (χ4n) is 3.15. The number of hydrogen-bond acceptors (Lipinski definition) is 6. The molecule has 4 rings (SSSR count). The van der Waals surface area contributed by atoms with Crippen molar-refractivity contribution >= 4 is 17.5 Å². The Hall–Kier alpha value is -4.06. The van der Waals surface area contributed by atoms with Gasteiger partial charge in [0.25, 0.3) is 0 Å². The molecule has 31 heavy (non-hydrogen) atoms. The molecule has 0 bridgehead atoms. The van der Waals surface area contributed by atoms with Crippen molar-refractivity contribution in [2.45, 2.75) is 25.4 Å². The first kappa shape index (κ1) is 20.2. The highest BCUT2D eigenvalue weighted by atomic mass is 19.3. The topological polar surface area (TPSA) is 108 Å². The largest absolute Gasteiger partial charge is 0.476 e. The van der Waals surface area contributed by atoms with Gasteiger partial charge >= 0.3 is 12.6 Å². The first-order valence-corrected chi connectivity index (χ1v) is 9.42. The Bertz CT molecular complexity index is 1170. The molecule has 7 nitrogen and oxygen atoms in total. The number of aromatic nitrogens is 2. The Balaban J connectivity index is 1.76. The fourth-order valence-corrected chi connectivity index (χ4v) is 3.15. The summed E-state index contributed by atoms with van der Waals surface area (Å²) in [5, 5.41) is 21.3. The van der Waals surface area contributed by atoms with Crippen molar-refractivity contribution in [3.05, 3.63) is 65.6 Å². The highest BCUT2D eigenvalue weighted by Gasteiger charge is 2.28. The summed E-state index contributed by atoms with van der Waals surface area (Å²) in [5.74, 6) is -1.33. The number of halogens is 2. The van der Waals surface area contributed by atoms with Crippen molar-refractivity contribution in [3.63, 3.8) is 0 Å². The van der Waals surface area contributed by atoms with Crippen molar-refractivity contribution < 1.29 is 23.4 Å². The average Bonchev–Trinajstić information content (AvgIpc) is 3.60. The maximum Gasteiger partial charge on any atom is 0.387 e. The van der Waals surface area contributed by atoms with Gasteiger partial charge in [0.1, 0.15) is 0 Å². The van der Waals surface area contributed by atoms with E-state index in [0.29, 0.717) is 22.4 Å². The summed E-state index contributed by atoms with van der Waals surface area (Å²) in [7, 11) is 0. The lowest BCUT2D eigenvalue weighted by molar-refractivity contribution is -0.0489. The molecule has 1 aliphatic carbocycles. The maximum atomic E-state index is 13.2. The molecule has 0 atom stereocenters. The van der Waals surface area contributed by atoms with E-state index in [9.17, 15) is 18.7 Å². The zero-order valence-electron chi connectivity index (χ0n) is 16.0. The molecule has 3 aromatic rings. The molecule has 0 aliphatic heterocycles. The van der Waals surface area contributed by atoms with Crippen LogP contribution in [0.2, 0.25) is 0 Å². The number of benzene rings is 2. The Morgan fingerprint density at radius 2 is 1.97 bits per heavy atom. The van der Waals surface area contributed by atoms with Crippen LogP contribution in [0.5, 0.6) is 5.75 Å². The highest BCUT2D eigenvalue weighted by molar-refractivity contribution is 5.92. The van der Waals surface area contributed by atoms with Gasteiger partial charge < -0.3 is 15.2 Å². The number of carboxylic acid groups (broad SMARTS) is 1. The number of carboxylic acids is 1. The van der Waals surface area contributed by atoms with Gasteiger partial charge in [0.15, 0.2) is 17.3 Å². The summed E-state index contributed by atoms with van der Waals surface area (Å²) >= 11 is 0. The van der Waals surface area contributed by atoms with Crippen LogP contribution in [-0.4, -0.2) is 27.7 Å². The monoisotopic (exact) mass is 422 g/mol. The standard InChI is InChI=1S/C22H16F2N4O3/c23-22(24)31-19-15(13-6-4-12(10-25)5-7-13)2-1-3-16(19)28-20-18(21(29)30)27-17(11-26-20)14-8-9-14/h1-7,11,14,22H,8-9H2,(H,26,28)(H,29,30). The van der Waals surface area contributed by atoms with Gasteiger partial charge in [0, 0.05) is 11.5 Å². The zero-order chi connectivity index (χ0) is 22.0. The maximum absolute atomic E-state index is 13.2. The predicted octanol–water partition coefficient (Wildman–Crippen LogP) is 4.94. The van der Waals surface area contributed by atoms with E-state index in [2.05, 4.69) is 15.3 Å². The third-order valence-corrected chi connectivity index (χ3v) is 4.79. The molecule has 0 saturated heterocycles. The van der Waals surface area contributed by atoms with Crippen LogP contribution < -0.4 is 10.1 Å². The molecule has 0 radical (unpaired) electrons. The number of carbonyl (C=O) groups is 1. The van der Waals surface area contributed by atoms with Gasteiger partial charge in [-0.25, -0.2) is 14.8 Å². The number of alkyl halides is 2. The Labute approximate surface area is 176 Å². The van der Waals surface area contributed by atoms with Gasteiger partial charge in [-0.1, -0.05) is 24.3 Å². The number of anilines is 2. The minimum Gasteiger partial charge on any atom is -0.476 e. The Morgan fingerprint density at radius 3 is 2.58 bits per heavy atom. The summed E-state index contributed by atoms with van der Waals surface area (Å²) < 4.78 is 31.2. The van der Waals surface area contributed by atoms with Crippen LogP contribution in [0.15, 0.2) is 48.7 Å². The number of para-hydroxylation sites is 1. The van der Waals surface area contributed by atoms with Crippen LogP contribution in [-0.2, 0) is 0 Å². The van der Waals surface area contributed by atoms with E-state index in [1.165, 1.54) is 12.3 Å². The van der Waals surface area contributed by atoms with Crippen LogP contribution in [0.4, 0.5) is 20.3 Å². The van der Waals surface area contributed by atoms with Crippen LogP contribution in [0, 0.1) is 11.3 Å². The van der Waals surface area contributed by atoms with Crippen molar-refractivity contribution in [2.24, 2.45) is 0 Å². The molecule has 1 aliphatic rings. The molecule has 1 fully saturated rings. The first-order valence-electron chi connectivity index (χ1n) is 9.42. The Morgan fingerprint density at radius 1 is 1.23 bits per heavy atom. The summed E-state index contributed by atoms with van der Waals surface area (Å²) in [4.78, 5) is 20.0. The smallest absolute Gasteiger partial charge is 0.387 e. The lowest BCUT2D eigenvalue weighted by atomic mass is 10.0. The number of nitrogens with zero attached hydrogens (tertiary/aromatic N) is 3.